The van der Waals surface area contributed by atoms with E-state index >= 15 is 0 Å². The molecule has 0 nitrogen and oxygen atoms in total. The van der Waals surface area contributed by atoms with E-state index in [2.05, 4.69) is 6.92 Å². The Labute approximate surface area is 170 Å². The largest absolute Gasteiger partial charge is 0.204 e. The highest BCUT2D eigenvalue weighted by Crippen LogP contribution is 2.49. The second-order valence-corrected chi connectivity index (χ2v) is 10.1. The molecule has 0 radical (unpaired) electrons. The van der Waals surface area contributed by atoms with Gasteiger partial charge in [0.1, 0.15) is 0 Å². The predicted molar refractivity (Wildman–Crippen MR) is 112 cm³/mol. The molecule has 5 atom stereocenters. The molecule has 4 rings (SSSR count). The summed E-state index contributed by atoms with van der Waals surface area (Å²) in [5.74, 6) is 3.14. The number of fused-ring (bicyclic) bond motifs is 2. The van der Waals surface area contributed by atoms with E-state index in [1.165, 1.54) is 76.7 Å². The molecule has 156 valence electrons. The van der Waals surface area contributed by atoms with Crippen molar-refractivity contribution in [1.29, 1.82) is 0 Å². The first-order valence-corrected chi connectivity index (χ1v) is 12.1. The van der Waals surface area contributed by atoms with Gasteiger partial charge in [0.25, 0.3) is 0 Å². The lowest BCUT2D eigenvalue weighted by Gasteiger charge is -2.45. The quantitative estimate of drug-likeness (QED) is 0.435. The first kappa shape index (κ1) is 20.4. The summed E-state index contributed by atoms with van der Waals surface area (Å²) in [6.07, 6.45) is 18.4. The van der Waals surface area contributed by atoms with Gasteiger partial charge in [-0.05, 0) is 98.1 Å². The molecule has 1 aromatic rings. The van der Waals surface area contributed by atoms with Gasteiger partial charge in [-0.15, -0.1) is 0 Å². The minimum absolute atomic E-state index is 0.586. The molecule has 2 fully saturated rings. The predicted octanol–water partition coefficient (Wildman–Crippen LogP) is 7.87. The van der Waals surface area contributed by atoms with Gasteiger partial charge in [-0.25, -0.2) is 8.78 Å². The highest BCUT2D eigenvalue weighted by molar-refractivity contribution is 5.32. The van der Waals surface area contributed by atoms with E-state index in [1.807, 2.05) is 6.07 Å². The van der Waals surface area contributed by atoms with Crippen LogP contribution in [0.25, 0.3) is 0 Å². The minimum Gasteiger partial charge on any atom is -0.204 e. The van der Waals surface area contributed by atoms with Crippen LogP contribution in [0.1, 0.15) is 95.1 Å². The zero-order valence-electron chi connectivity index (χ0n) is 17.7. The number of benzene rings is 1. The molecule has 28 heavy (non-hydrogen) atoms. The number of halogens is 2. The van der Waals surface area contributed by atoms with Gasteiger partial charge in [0, 0.05) is 0 Å². The smallest absolute Gasteiger partial charge is 0.162 e. The molecule has 0 N–H and O–H groups in total. The van der Waals surface area contributed by atoms with Gasteiger partial charge in [0.15, 0.2) is 11.6 Å². The average molecular weight is 389 g/mol. The van der Waals surface area contributed by atoms with Gasteiger partial charge in [-0.3, -0.25) is 0 Å². The molecule has 5 unspecified atom stereocenters. The summed E-state index contributed by atoms with van der Waals surface area (Å²) in [6, 6.07) is 3.17. The Morgan fingerprint density at radius 2 is 1.57 bits per heavy atom. The number of hydrogen-bond donors (Lipinski definition) is 0. The fourth-order valence-electron chi connectivity index (χ4n) is 6.78. The van der Waals surface area contributed by atoms with Gasteiger partial charge < -0.3 is 0 Å². The van der Waals surface area contributed by atoms with Crippen molar-refractivity contribution in [2.75, 3.05) is 0 Å². The third-order valence-corrected chi connectivity index (χ3v) is 8.44. The molecule has 0 spiro atoms. The van der Waals surface area contributed by atoms with Crippen LogP contribution in [0, 0.1) is 41.2 Å². The molecule has 0 saturated heterocycles. The fourth-order valence-corrected chi connectivity index (χ4v) is 6.78. The van der Waals surface area contributed by atoms with E-state index in [-0.39, 0.29) is 0 Å². The first-order chi connectivity index (χ1) is 13.7. The molecule has 3 aliphatic rings. The van der Waals surface area contributed by atoms with Crippen LogP contribution in [0.5, 0.6) is 0 Å². The van der Waals surface area contributed by atoms with Crippen LogP contribution in [-0.2, 0) is 12.8 Å². The lowest BCUT2D eigenvalue weighted by molar-refractivity contribution is 0.0688. The lowest BCUT2D eigenvalue weighted by atomic mass is 9.61. The number of rotatable bonds is 6. The molecule has 2 saturated carbocycles. The summed E-state index contributed by atoms with van der Waals surface area (Å²) in [7, 11) is 0. The van der Waals surface area contributed by atoms with Crippen molar-refractivity contribution in [3.05, 3.63) is 34.9 Å². The van der Waals surface area contributed by atoms with Crippen LogP contribution in [0.15, 0.2) is 12.1 Å². The third kappa shape index (κ3) is 4.46. The highest BCUT2D eigenvalue weighted by Gasteiger charge is 2.38. The molecule has 0 aromatic heterocycles. The van der Waals surface area contributed by atoms with Crippen LogP contribution in [-0.4, -0.2) is 0 Å². The molecule has 0 bridgehead atoms. The Balaban J connectivity index is 1.29. The van der Waals surface area contributed by atoms with E-state index in [4.69, 9.17) is 0 Å². The van der Waals surface area contributed by atoms with Gasteiger partial charge in [-0.1, -0.05) is 51.5 Å². The molecular weight excluding hydrogens is 350 g/mol. The number of hydrogen-bond acceptors (Lipinski definition) is 0. The van der Waals surface area contributed by atoms with Crippen molar-refractivity contribution in [2.24, 2.45) is 29.6 Å². The molecule has 3 aliphatic carbocycles. The second-order valence-electron chi connectivity index (χ2n) is 10.1. The van der Waals surface area contributed by atoms with Gasteiger partial charge in [-0.2, -0.15) is 0 Å². The van der Waals surface area contributed by atoms with Crippen molar-refractivity contribution >= 4 is 0 Å². The van der Waals surface area contributed by atoms with Crippen LogP contribution >= 0.6 is 0 Å². The fraction of sp³-hybridized carbons (Fsp3) is 0.769. The zero-order valence-corrected chi connectivity index (χ0v) is 17.7. The van der Waals surface area contributed by atoms with Crippen LogP contribution in [0.3, 0.4) is 0 Å². The maximum absolute atomic E-state index is 14.1. The Morgan fingerprint density at radius 1 is 0.821 bits per heavy atom. The SMILES string of the molecule is CCCCCCC1CCC2CC(C3CCc4c(ccc(F)c4F)C3)CCC2C1. The minimum atomic E-state index is -0.677. The highest BCUT2D eigenvalue weighted by atomic mass is 19.2. The Kier molecular flexibility index (Phi) is 6.74. The van der Waals surface area contributed by atoms with Crippen molar-refractivity contribution in [3.8, 4) is 0 Å². The maximum atomic E-state index is 14.1. The van der Waals surface area contributed by atoms with Gasteiger partial charge >= 0.3 is 0 Å². The van der Waals surface area contributed by atoms with E-state index in [1.54, 1.807) is 0 Å². The van der Waals surface area contributed by atoms with Crippen molar-refractivity contribution in [2.45, 2.75) is 96.8 Å². The van der Waals surface area contributed by atoms with Crippen molar-refractivity contribution in [1.82, 2.24) is 0 Å². The second kappa shape index (κ2) is 9.26. The van der Waals surface area contributed by atoms with E-state index in [9.17, 15) is 8.78 Å². The molecule has 1 aromatic carbocycles. The van der Waals surface area contributed by atoms with Crippen LogP contribution < -0.4 is 0 Å². The van der Waals surface area contributed by atoms with Crippen LogP contribution in [0.2, 0.25) is 0 Å². The Bertz CT molecular complexity index is 652. The summed E-state index contributed by atoms with van der Waals surface area (Å²) < 4.78 is 27.6. The van der Waals surface area contributed by atoms with Gasteiger partial charge in [0.2, 0.25) is 0 Å². The topological polar surface area (TPSA) is 0 Å². The monoisotopic (exact) mass is 388 g/mol. The zero-order chi connectivity index (χ0) is 19.5. The van der Waals surface area contributed by atoms with Crippen molar-refractivity contribution < 1.29 is 8.78 Å². The van der Waals surface area contributed by atoms with Crippen LogP contribution in [0.4, 0.5) is 8.78 Å². The van der Waals surface area contributed by atoms with E-state index in [0.717, 1.165) is 48.5 Å². The molecule has 0 amide bonds. The lowest BCUT2D eigenvalue weighted by Crippen LogP contribution is -2.35. The Hall–Kier alpha value is -0.920. The Morgan fingerprint density at radius 3 is 2.39 bits per heavy atom. The normalized spacial score (nSPS) is 32.6. The molecule has 0 heterocycles. The summed E-state index contributed by atoms with van der Waals surface area (Å²) in [6.45, 7) is 2.29. The summed E-state index contributed by atoms with van der Waals surface area (Å²) >= 11 is 0. The third-order valence-electron chi connectivity index (χ3n) is 8.44. The maximum Gasteiger partial charge on any atom is 0.162 e. The van der Waals surface area contributed by atoms with Crippen molar-refractivity contribution in [3.63, 3.8) is 0 Å². The summed E-state index contributed by atoms with van der Waals surface area (Å²) in [4.78, 5) is 0. The summed E-state index contributed by atoms with van der Waals surface area (Å²) in [5, 5.41) is 0. The van der Waals surface area contributed by atoms with E-state index < -0.39 is 11.6 Å². The average Bonchev–Trinajstić information content (AvgIpc) is 2.73. The standard InChI is InChI=1S/C26H38F2/c1-2-3-4-5-6-18-7-8-20-16-21(10-9-19(20)15-18)22-11-13-24-23(17-22)12-14-25(27)26(24)28/h12,14,18-22H,2-11,13,15-17H2,1H3. The molecule has 2 heteroatoms. The first-order valence-electron chi connectivity index (χ1n) is 12.1. The summed E-state index contributed by atoms with van der Waals surface area (Å²) in [5.41, 5.74) is 1.74. The number of unbranched alkanes of at least 4 members (excludes halogenated alkanes) is 3. The van der Waals surface area contributed by atoms with Gasteiger partial charge in [0.05, 0.1) is 0 Å². The molecular formula is C26H38F2. The molecule has 0 aliphatic heterocycles. The van der Waals surface area contributed by atoms with E-state index in [0.29, 0.717) is 11.5 Å².